The van der Waals surface area contributed by atoms with Crippen molar-refractivity contribution in [1.82, 2.24) is 0 Å². The minimum atomic E-state index is -4.47. The van der Waals surface area contributed by atoms with Gasteiger partial charge in [-0.1, -0.05) is 19.4 Å². The number of hydrogen-bond donors (Lipinski definition) is 0. The van der Waals surface area contributed by atoms with Crippen molar-refractivity contribution in [2.24, 2.45) is 11.8 Å². The average Bonchev–Trinajstić information content (AvgIpc) is 2.74. The van der Waals surface area contributed by atoms with E-state index in [0.29, 0.717) is 17.4 Å². The van der Waals surface area contributed by atoms with Gasteiger partial charge >= 0.3 is 6.18 Å². The Labute approximate surface area is 175 Å². The summed E-state index contributed by atoms with van der Waals surface area (Å²) in [7, 11) is 0. The van der Waals surface area contributed by atoms with E-state index in [1.807, 2.05) is 6.07 Å². The minimum absolute atomic E-state index is 0.145. The van der Waals surface area contributed by atoms with E-state index in [1.165, 1.54) is 6.07 Å². The fourth-order valence-corrected chi connectivity index (χ4v) is 5.08. The van der Waals surface area contributed by atoms with E-state index < -0.39 is 24.5 Å². The zero-order chi connectivity index (χ0) is 21.3. The molecule has 2 fully saturated rings. The molecule has 1 aromatic rings. The smallest absolute Gasteiger partial charge is 0.364 e. The molecule has 1 unspecified atom stereocenters. The number of hydrogen-bond acceptors (Lipinski definition) is 3. The molecular weight excluding hydrogens is 400 g/mol. The SMILES string of the molecule is CCCC1COC(C2CCC(c3cc(F)c4c(c3)COC(C(F)(F)F)C4)CC2)OC1. The monoisotopic (exact) mass is 430 g/mol. The Bertz CT molecular complexity index is 720. The van der Waals surface area contributed by atoms with E-state index in [2.05, 4.69) is 6.92 Å². The summed E-state index contributed by atoms with van der Waals surface area (Å²) in [5, 5.41) is 0. The quantitative estimate of drug-likeness (QED) is 0.558. The summed E-state index contributed by atoms with van der Waals surface area (Å²) in [5.74, 6) is 0.503. The Balaban J connectivity index is 1.35. The molecule has 30 heavy (non-hydrogen) atoms. The second kappa shape index (κ2) is 9.13. The van der Waals surface area contributed by atoms with Gasteiger partial charge in [-0.2, -0.15) is 13.2 Å². The van der Waals surface area contributed by atoms with E-state index in [-0.39, 0.29) is 24.4 Å². The van der Waals surface area contributed by atoms with Gasteiger partial charge in [-0.05, 0) is 60.8 Å². The van der Waals surface area contributed by atoms with Crippen molar-refractivity contribution in [1.29, 1.82) is 0 Å². The van der Waals surface area contributed by atoms with Crippen LogP contribution >= 0.6 is 0 Å². The van der Waals surface area contributed by atoms with Crippen LogP contribution in [0.3, 0.4) is 0 Å². The van der Waals surface area contributed by atoms with E-state index in [0.717, 1.165) is 57.3 Å². The van der Waals surface area contributed by atoms with Gasteiger partial charge in [0.2, 0.25) is 0 Å². The zero-order valence-corrected chi connectivity index (χ0v) is 17.3. The van der Waals surface area contributed by atoms with Gasteiger partial charge in [-0.15, -0.1) is 0 Å². The lowest BCUT2D eigenvalue weighted by Gasteiger charge is -2.38. The molecule has 0 spiro atoms. The second-order valence-electron chi connectivity index (χ2n) is 8.99. The first kappa shape index (κ1) is 22.0. The lowest BCUT2D eigenvalue weighted by Crippen LogP contribution is -2.38. The molecule has 3 aliphatic rings. The van der Waals surface area contributed by atoms with Crippen LogP contribution < -0.4 is 0 Å². The number of alkyl halides is 3. The molecule has 168 valence electrons. The highest BCUT2D eigenvalue weighted by Crippen LogP contribution is 2.41. The normalized spacial score (nSPS) is 32.6. The average molecular weight is 430 g/mol. The van der Waals surface area contributed by atoms with Crippen LogP contribution in [0.2, 0.25) is 0 Å². The van der Waals surface area contributed by atoms with E-state index in [9.17, 15) is 17.6 Å². The lowest BCUT2D eigenvalue weighted by molar-refractivity contribution is -0.229. The fourth-order valence-electron chi connectivity index (χ4n) is 5.08. The Kier molecular flexibility index (Phi) is 6.70. The van der Waals surface area contributed by atoms with Crippen LogP contribution in [0.15, 0.2) is 12.1 Å². The van der Waals surface area contributed by atoms with Crippen LogP contribution in [-0.2, 0) is 27.2 Å². The van der Waals surface area contributed by atoms with Gasteiger partial charge in [0, 0.05) is 18.3 Å². The standard InChI is InChI=1S/C23H30F4O3/c1-2-3-14-11-29-22(30-12-14)16-6-4-15(5-7-16)17-8-18-13-28-21(23(25,26)27)10-19(18)20(24)9-17/h8-9,14-16,21-22H,2-7,10-13H2,1H3. The summed E-state index contributed by atoms with van der Waals surface area (Å²) in [6.45, 7) is 3.49. The van der Waals surface area contributed by atoms with Gasteiger partial charge in [0.15, 0.2) is 12.4 Å². The Hall–Kier alpha value is -1.18. The maximum Gasteiger partial charge on any atom is 0.414 e. The van der Waals surface area contributed by atoms with Gasteiger partial charge in [-0.25, -0.2) is 4.39 Å². The first-order valence-electron chi connectivity index (χ1n) is 11.1. The molecule has 0 bridgehead atoms. The zero-order valence-electron chi connectivity index (χ0n) is 17.3. The third-order valence-corrected chi connectivity index (χ3v) is 6.82. The van der Waals surface area contributed by atoms with E-state index in [1.54, 1.807) is 0 Å². The number of ether oxygens (including phenoxy) is 3. The van der Waals surface area contributed by atoms with Crippen molar-refractivity contribution in [3.05, 3.63) is 34.6 Å². The predicted molar refractivity (Wildman–Crippen MR) is 104 cm³/mol. The van der Waals surface area contributed by atoms with Crippen LogP contribution in [0.4, 0.5) is 17.6 Å². The van der Waals surface area contributed by atoms with Crippen molar-refractivity contribution in [2.75, 3.05) is 13.2 Å². The highest BCUT2D eigenvalue weighted by Gasteiger charge is 2.43. The van der Waals surface area contributed by atoms with Crippen LogP contribution in [0.1, 0.15) is 68.1 Å². The summed E-state index contributed by atoms with van der Waals surface area (Å²) < 4.78 is 70.3. The summed E-state index contributed by atoms with van der Waals surface area (Å²) >= 11 is 0. The molecule has 1 saturated heterocycles. The summed E-state index contributed by atoms with van der Waals surface area (Å²) in [5.41, 5.74) is 1.56. The maximum absolute atomic E-state index is 14.7. The second-order valence-corrected chi connectivity index (χ2v) is 8.99. The highest BCUT2D eigenvalue weighted by atomic mass is 19.4. The van der Waals surface area contributed by atoms with Crippen molar-refractivity contribution in [3.63, 3.8) is 0 Å². The fraction of sp³-hybridized carbons (Fsp3) is 0.739. The third kappa shape index (κ3) is 4.83. The molecule has 0 N–H and O–H groups in total. The van der Waals surface area contributed by atoms with Crippen molar-refractivity contribution in [3.8, 4) is 0 Å². The van der Waals surface area contributed by atoms with Crippen molar-refractivity contribution >= 4 is 0 Å². The third-order valence-electron chi connectivity index (χ3n) is 6.82. The van der Waals surface area contributed by atoms with Gasteiger partial charge in [-0.3, -0.25) is 0 Å². The molecule has 1 atom stereocenters. The number of fused-ring (bicyclic) bond motifs is 1. The van der Waals surface area contributed by atoms with Crippen LogP contribution in [0.5, 0.6) is 0 Å². The largest absolute Gasteiger partial charge is 0.414 e. The molecule has 4 rings (SSSR count). The molecule has 0 amide bonds. The maximum atomic E-state index is 14.7. The first-order chi connectivity index (χ1) is 14.3. The predicted octanol–water partition coefficient (Wildman–Crippen LogP) is 5.89. The minimum Gasteiger partial charge on any atom is -0.364 e. The molecule has 2 aliphatic heterocycles. The molecule has 0 aromatic heterocycles. The van der Waals surface area contributed by atoms with Crippen LogP contribution in [-0.4, -0.2) is 31.8 Å². The molecule has 2 heterocycles. The van der Waals surface area contributed by atoms with Gasteiger partial charge < -0.3 is 14.2 Å². The topological polar surface area (TPSA) is 27.7 Å². The molecule has 7 heteroatoms. The molecule has 1 aromatic carbocycles. The van der Waals surface area contributed by atoms with E-state index in [4.69, 9.17) is 14.2 Å². The Morgan fingerprint density at radius 2 is 1.70 bits per heavy atom. The number of rotatable bonds is 4. The Morgan fingerprint density at radius 3 is 2.33 bits per heavy atom. The van der Waals surface area contributed by atoms with Gasteiger partial charge in [0.05, 0.1) is 19.8 Å². The van der Waals surface area contributed by atoms with Gasteiger partial charge in [0.1, 0.15) is 5.82 Å². The van der Waals surface area contributed by atoms with Crippen LogP contribution in [0.25, 0.3) is 0 Å². The molecule has 0 radical (unpaired) electrons. The molecule has 1 saturated carbocycles. The van der Waals surface area contributed by atoms with Crippen molar-refractivity contribution < 1.29 is 31.8 Å². The van der Waals surface area contributed by atoms with Crippen LogP contribution in [0, 0.1) is 17.7 Å². The lowest BCUT2D eigenvalue weighted by atomic mass is 9.77. The highest BCUT2D eigenvalue weighted by molar-refractivity contribution is 5.37. The summed E-state index contributed by atoms with van der Waals surface area (Å²) in [6.07, 6.45) is -1.05. The Morgan fingerprint density at radius 1 is 1.00 bits per heavy atom. The van der Waals surface area contributed by atoms with Crippen molar-refractivity contribution in [2.45, 2.75) is 83.0 Å². The molecule has 3 nitrogen and oxygen atoms in total. The summed E-state index contributed by atoms with van der Waals surface area (Å²) in [6, 6.07) is 3.28. The van der Waals surface area contributed by atoms with E-state index >= 15 is 0 Å². The van der Waals surface area contributed by atoms with Gasteiger partial charge in [0.25, 0.3) is 0 Å². The number of benzene rings is 1. The summed E-state index contributed by atoms with van der Waals surface area (Å²) in [4.78, 5) is 0. The first-order valence-corrected chi connectivity index (χ1v) is 11.1. The molecule has 1 aliphatic carbocycles. The molecular formula is C23H30F4O3. The number of halogens is 4.